The second-order valence-corrected chi connectivity index (χ2v) is 9.21. The molecule has 1 aromatic carbocycles. The lowest BCUT2D eigenvalue weighted by Gasteiger charge is -2.36. The number of carbonyl (C=O) groups is 1. The van der Waals surface area contributed by atoms with Crippen LogP contribution in [0.15, 0.2) is 23.2 Å². The van der Waals surface area contributed by atoms with Crippen LogP contribution in [0.2, 0.25) is 0 Å². The minimum absolute atomic E-state index is 0. The van der Waals surface area contributed by atoms with Crippen LogP contribution >= 0.6 is 35.7 Å². The van der Waals surface area contributed by atoms with E-state index in [0.717, 1.165) is 74.9 Å². The molecule has 0 aromatic heterocycles. The number of hydrogen-bond donors (Lipinski definition) is 2. The van der Waals surface area contributed by atoms with Crippen molar-refractivity contribution in [2.24, 2.45) is 10.9 Å². The number of guanidine groups is 1. The molecule has 0 bridgehead atoms. The van der Waals surface area contributed by atoms with Crippen molar-refractivity contribution in [3.05, 3.63) is 35.1 Å². The average Bonchev–Trinajstić information content (AvgIpc) is 3.32. The fraction of sp³-hybridized carbons (Fsp3) is 0.652. The highest BCUT2D eigenvalue weighted by molar-refractivity contribution is 14.0. The van der Waals surface area contributed by atoms with Crippen LogP contribution in [-0.2, 0) is 17.1 Å². The summed E-state index contributed by atoms with van der Waals surface area (Å²) in [6, 6.07) is 4.96. The van der Waals surface area contributed by atoms with Crippen molar-refractivity contribution in [2.75, 3.05) is 52.6 Å². The number of nitrogens with zero attached hydrogens (tertiary/aromatic N) is 3. The molecule has 2 aliphatic rings. The molecule has 2 N–H and O–H groups in total. The fourth-order valence-electron chi connectivity index (χ4n) is 4.41. The van der Waals surface area contributed by atoms with E-state index < -0.39 is 0 Å². The first-order valence-electron chi connectivity index (χ1n) is 11.3. The van der Waals surface area contributed by atoms with Crippen LogP contribution in [0.25, 0.3) is 0 Å². The SMILES string of the molecule is CN=C(NCCN1CCN(C(=O)C2CCCC2)CC1)NCc1ccc(F)cc1CSC.I. The first-order chi connectivity index (χ1) is 15.1. The molecule has 1 aliphatic carbocycles. The molecule has 1 saturated heterocycles. The molecular weight excluding hydrogens is 540 g/mol. The van der Waals surface area contributed by atoms with Crippen molar-refractivity contribution in [2.45, 2.75) is 38.0 Å². The number of benzene rings is 1. The van der Waals surface area contributed by atoms with Gasteiger partial charge >= 0.3 is 0 Å². The largest absolute Gasteiger partial charge is 0.355 e. The van der Waals surface area contributed by atoms with Gasteiger partial charge in [0, 0.05) is 64.5 Å². The van der Waals surface area contributed by atoms with Gasteiger partial charge in [-0.2, -0.15) is 11.8 Å². The van der Waals surface area contributed by atoms with E-state index in [2.05, 4.69) is 25.4 Å². The summed E-state index contributed by atoms with van der Waals surface area (Å²) in [6.45, 7) is 5.85. The van der Waals surface area contributed by atoms with Gasteiger partial charge in [0.1, 0.15) is 5.82 Å². The summed E-state index contributed by atoms with van der Waals surface area (Å²) in [6.07, 6.45) is 6.58. The van der Waals surface area contributed by atoms with Crippen molar-refractivity contribution < 1.29 is 9.18 Å². The standard InChI is InChI=1S/C23H36FN5OS.HI/c1-25-23(27-16-19-7-8-21(24)15-20(19)17-31-2)26-9-10-28-11-13-29(14-12-28)22(30)18-5-3-4-6-18;/h7-8,15,18H,3-6,9-14,16-17H2,1-2H3,(H2,25,26,27);1H. The van der Waals surface area contributed by atoms with Crippen LogP contribution in [0.5, 0.6) is 0 Å². The Kier molecular flexibility index (Phi) is 12.1. The molecule has 3 rings (SSSR count). The van der Waals surface area contributed by atoms with Crippen molar-refractivity contribution in [1.82, 2.24) is 20.4 Å². The van der Waals surface area contributed by atoms with Gasteiger partial charge in [0.15, 0.2) is 5.96 Å². The molecule has 0 spiro atoms. The van der Waals surface area contributed by atoms with Crippen LogP contribution < -0.4 is 10.6 Å². The van der Waals surface area contributed by atoms with Gasteiger partial charge < -0.3 is 15.5 Å². The number of piperazine rings is 1. The molecule has 2 fully saturated rings. The third-order valence-corrected chi connectivity index (χ3v) is 6.85. The summed E-state index contributed by atoms with van der Waals surface area (Å²) >= 11 is 1.69. The minimum Gasteiger partial charge on any atom is -0.355 e. The zero-order valence-corrected chi connectivity index (χ0v) is 22.4. The molecule has 1 saturated carbocycles. The molecule has 0 radical (unpaired) electrons. The van der Waals surface area contributed by atoms with Crippen LogP contribution in [0.3, 0.4) is 0 Å². The zero-order chi connectivity index (χ0) is 22.1. The van der Waals surface area contributed by atoms with Crippen LogP contribution in [0.4, 0.5) is 4.39 Å². The highest BCUT2D eigenvalue weighted by atomic mass is 127. The van der Waals surface area contributed by atoms with E-state index in [1.165, 1.54) is 18.9 Å². The average molecular weight is 578 g/mol. The summed E-state index contributed by atoms with van der Waals surface area (Å²) in [5.41, 5.74) is 2.10. The van der Waals surface area contributed by atoms with Gasteiger partial charge in [-0.15, -0.1) is 24.0 Å². The predicted molar refractivity (Wildman–Crippen MR) is 142 cm³/mol. The minimum atomic E-state index is -0.194. The Balaban J connectivity index is 0.00000363. The van der Waals surface area contributed by atoms with Gasteiger partial charge in [0.25, 0.3) is 0 Å². The topological polar surface area (TPSA) is 60.0 Å². The first-order valence-corrected chi connectivity index (χ1v) is 12.7. The van der Waals surface area contributed by atoms with Crippen molar-refractivity contribution in [3.8, 4) is 0 Å². The summed E-state index contributed by atoms with van der Waals surface area (Å²) in [4.78, 5) is 21.3. The van der Waals surface area contributed by atoms with Gasteiger partial charge in [-0.05, 0) is 42.4 Å². The summed E-state index contributed by atoms with van der Waals surface area (Å²) < 4.78 is 13.5. The Bertz CT molecular complexity index is 752. The maximum atomic E-state index is 13.5. The van der Waals surface area contributed by atoms with E-state index in [4.69, 9.17) is 0 Å². The zero-order valence-electron chi connectivity index (χ0n) is 19.2. The lowest BCUT2D eigenvalue weighted by Crippen LogP contribution is -2.51. The number of hydrogen-bond acceptors (Lipinski definition) is 4. The lowest BCUT2D eigenvalue weighted by molar-refractivity contribution is -0.137. The molecule has 0 atom stereocenters. The first kappa shape index (κ1) is 27.2. The van der Waals surface area contributed by atoms with Crippen molar-refractivity contribution in [3.63, 3.8) is 0 Å². The van der Waals surface area contributed by atoms with Crippen LogP contribution in [0.1, 0.15) is 36.8 Å². The van der Waals surface area contributed by atoms with E-state index in [1.807, 2.05) is 12.3 Å². The van der Waals surface area contributed by atoms with E-state index in [-0.39, 0.29) is 35.7 Å². The normalized spacial score (nSPS) is 17.8. The molecule has 1 aromatic rings. The van der Waals surface area contributed by atoms with Gasteiger partial charge in [-0.3, -0.25) is 14.7 Å². The highest BCUT2D eigenvalue weighted by Crippen LogP contribution is 2.26. The number of aliphatic imine (C=N–C) groups is 1. The summed E-state index contributed by atoms with van der Waals surface area (Å²) in [7, 11) is 1.76. The van der Waals surface area contributed by atoms with Gasteiger partial charge in [-0.25, -0.2) is 4.39 Å². The van der Waals surface area contributed by atoms with Gasteiger partial charge in [-0.1, -0.05) is 18.9 Å². The Hall–Kier alpha value is -1.07. The molecule has 1 aliphatic heterocycles. The van der Waals surface area contributed by atoms with Crippen LogP contribution in [-0.4, -0.2) is 74.2 Å². The second-order valence-electron chi connectivity index (χ2n) is 8.35. The molecular formula is C23H37FIN5OS. The van der Waals surface area contributed by atoms with Crippen molar-refractivity contribution >= 4 is 47.6 Å². The summed E-state index contributed by atoms with van der Waals surface area (Å²) in [5.74, 6) is 1.99. The number of halogens is 2. The van der Waals surface area contributed by atoms with Crippen molar-refractivity contribution in [1.29, 1.82) is 0 Å². The Morgan fingerprint density at radius 1 is 1.16 bits per heavy atom. The Morgan fingerprint density at radius 2 is 1.88 bits per heavy atom. The fourth-order valence-corrected chi connectivity index (χ4v) is 4.99. The van der Waals surface area contributed by atoms with E-state index in [9.17, 15) is 9.18 Å². The molecule has 9 heteroatoms. The summed E-state index contributed by atoms with van der Waals surface area (Å²) in [5, 5.41) is 6.70. The Morgan fingerprint density at radius 3 is 2.53 bits per heavy atom. The lowest BCUT2D eigenvalue weighted by atomic mass is 10.1. The van der Waals surface area contributed by atoms with E-state index >= 15 is 0 Å². The van der Waals surface area contributed by atoms with E-state index in [0.29, 0.717) is 12.5 Å². The quantitative estimate of drug-likeness (QED) is 0.282. The molecule has 0 unspecified atom stereocenters. The number of carbonyl (C=O) groups excluding carboxylic acids is 1. The number of nitrogens with one attached hydrogen (secondary N) is 2. The molecule has 180 valence electrons. The Labute approximate surface area is 213 Å². The number of rotatable bonds is 8. The monoisotopic (exact) mass is 577 g/mol. The van der Waals surface area contributed by atoms with Gasteiger partial charge in [0.05, 0.1) is 0 Å². The number of thioether (sulfide) groups is 1. The third-order valence-electron chi connectivity index (χ3n) is 6.25. The maximum absolute atomic E-state index is 13.5. The number of amides is 1. The maximum Gasteiger partial charge on any atom is 0.225 e. The predicted octanol–water partition coefficient (Wildman–Crippen LogP) is 3.31. The second kappa shape index (κ2) is 14.2. The molecule has 6 nitrogen and oxygen atoms in total. The van der Waals surface area contributed by atoms with Gasteiger partial charge in [0.2, 0.25) is 5.91 Å². The highest BCUT2D eigenvalue weighted by Gasteiger charge is 2.29. The smallest absolute Gasteiger partial charge is 0.225 e. The molecule has 1 heterocycles. The van der Waals surface area contributed by atoms with Crippen LogP contribution in [0, 0.1) is 11.7 Å². The molecule has 1 amide bonds. The third kappa shape index (κ3) is 8.06. The van der Waals surface area contributed by atoms with E-state index in [1.54, 1.807) is 24.9 Å². The molecule has 32 heavy (non-hydrogen) atoms.